The van der Waals surface area contributed by atoms with Gasteiger partial charge in [0.25, 0.3) is 0 Å². The van der Waals surface area contributed by atoms with Gasteiger partial charge >= 0.3 is 39.5 Å². The van der Waals surface area contributed by atoms with Crippen LogP contribution in [0.25, 0.3) is 0 Å². The number of carbonyl (C=O) groups excluding carboxylic acids is 4. The highest BCUT2D eigenvalue weighted by atomic mass is 31.2. The van der Waals surface area contributed by atoms with Gasteiger partial charge in [-0.1, -0.05) is 433 Å². The van der Waals surface area contributed by atoms with Gasteiger partial charge in [0.05, 0.1) is 26.4 Å². The zero-order valence-corrected chi connectivity index (χ0v) is 73.7. The Bertz CT molecular complexity index is 2080. The average molecular weight is 1590 g/mol. The molecular weight excluding hydrogens is 1410 g/mol. The molecule has 0 aliphatic heterocycles. The van der Waals surface area contributed by atoms with Crippen LogP contribution in [-0.2, 0) is 65.4 Å². The summed E-state index contributed by atoms with van der Waals surface area (Å²) in [6, 6.07) is 0. The van der Waals surface area contributed by atoms with Crippen molar-refractivity contribution in [3.63, 3.8) is 0 Å². The first-order valence-corrected chi connectivity index (χ1v) is 49.6. The first-order chi connectivity index (χ1) is 52.9. The van der Waals surface area contributed by atoms with Crippen LogP contribution < -0.4 is 0 Å². The van der Waals surface area contributed by atoms with Gasteiger partial charge in [-0.15, -0.1) is 0 Å². The number of aliphatic hydroxyl groups excluding tert-OH is 1. The number of unbranched alkanes of at least 4 members (excludes halogenated alkanes) is 57. The maximum atomic E-state index is 13.2. The number of phosphoric acid groups is 2. The molecule has 0 saturated carbocycles. The van der Waals surface area contributed by atoms with E-state index in [4.69, 9.17) is 37.0 Å². The summed E-state index contributed by atoms with van der Waals surface area (Å²) in [5.74, 6) is -0.384. The maximum absolute atomic E-state index is 13.2. The Balaban J connectivity index is 5.18. The van der Waals surface area contributed by atoms with Crippen LogP contribution in [-0.4, -0.2) is 96.7 Å². The van der Waals surface area contributed by atoms with Crippen LogP contribution in [0.15, 0.2) is 0 Å². The van der Waals surface area contributed by atoms with E-state index in [0.29, 0.717) is 25.7 Å². The van der Waals surface area contributed by atoms with E-state index < -0.39 is 97.5 Å². The molecule has 0 radical (unpaired) electrons. The van der Waals surface area contributed by atoms with Crippen LogP contribution in [0.4, 0.5) is 0 Å². The molecule has 0 aliphatic rings. The molecule has 648 valence electrons. The van der Waals surface area contributed by atoms with Crippen molar-refractivity contribution in [3.05, 3.63) is 0 Å². The lowest BCUT2D eigenvalue weighted by molar-refractivity contribution is -0.161. The van der Waals surface area contributed by atoms with E-state index in [-0.39, 0.29) is 25.7 Å². The largest absolute Gasteiger partial charge is 0.472 e. The van der Waals surface area contributed by atoms with Gasteiger partial charge in [-0.25, -0.2) is 9.13 Å². The summed E-state index contributed by atoms with van der Waals surface area (Å²) in [4.78, 5) is 73.2. The summed E-state index contributed by atoms with van der Waals surface area (Å²) in [5.41, 5.74) is 0. The monoisotopic (exact) mass is 1590 g/mol. The molecule has 0 aliphatic carbocycles. The van der Waals surface area contributed by atoms with Crippen LogP contribution in [0.5, 0.6) is 0 Å². The number of carbonyl (C=O) groups is 4. The molecule has 0 heterocycles. The van der Waals surface area contributed by atoms with Crippen molar-refractivity contribution >= 4 is 39.5 Å². The predicted octanol–water partition coefficient (Wildman–Crippen LogP) is 27.8. The molecule has 0 aromatic carbocycles. The van der Waals surface area contributed by atoms with Crippen molar-refractivity contribution in [1.29, 1.82) is 0 Å². The highest BCUT2D eigenvalue weighted by Crippen LogP contribution is 2.45. The van der Waals surface area contributed by atoms with E-state index in [1.54, 1.807) is 0 Å². The van der Waals surface area contributed by atoms with E-state index in [2.05, 4.69) is 41.5 Å². The second-order valence-corrected chi connectivity index (χ2v) is 35.7. The Morgan fingerprint density at radius 1 is 0.257 bits per heavy atom. The lowest BCUT2D eigenvalue weighted by atomic mass is 9.99. The van der Waals surface area contributed by atoms with Crippen LogP contribution >= 0.6 is 15.6 Å². The van der Waals surface area contributed by atoms with Crippen LogP contribution in [0.3, 0.4) is 0 Å². The number of hydrogen-bond acceptors (Lipinski definition) is 15. The van der Waals surface area contributed by atoms with Gasteiger partial charge in [-0.2, -0.15) is 0 Å². The van der Waals surface area contributed by atoms with Crippen LogP contribution in [0.2, 0.25) is 0 Å². The van der Waals surface area contributed by atoms with Gasteiger partial charge < -0.3 is 33.8 Å². The minimum absolute atomic E-state index is 0.108. The Hall–Kier alpha value is -1.94. The van der Waals surface area contributed by atoms with Crippen LogP contribution in [0.1, 0.15) is 485 Å². The molecule has 109 heavy (non-hydrogen) atoms. The maximum Gasteiger partial charge on any atom is 0.472 e. The third-order valence-corrected chi connectivity index (χ3v) is 23.8. The molecule has 0 saturated heterocycles. The van der Waals surface area contributed by atoms with Gasteiger partial charge in [-0.05, 0) is 37.5 Å². The molecule has 0 aromatic heterocycles. The normalized spacial score (nSPS) is 14.2. The standard InChI is InChI=1S/C90H176O17P2/c1-7-11-13-15-17-19-20-21-22-23-24-25-26-30-33-39-44-49-55-61-67-73-88(93)101-79-86(107-90(95)74-68-62-56-50-45-40-34-31-28-27-29-32-37-42-47-52-58-64-70-82(5)9-3)81-105-109(98,99)103-77-84(91)76-102-108(96,97)104-80-85(78-100-87(92)72-66-60-54-18-16-14-12-8-2)106-89(94)75-69-63-57-51-46-41-36-35-38-43-48-53-59-65-71-83(6)10-4/h82-86,91H,7-81H2,1-6H3,(H,96,97)(H,98,99)/t82?,83?,84-,85+,86+/m0/s1. The SMILES string of the molecule is CCCCCCCCCCCCCCCCCCCCCCCC(=O)OC[C@H](COP(=O)(O)OC[C@@H](O)COP(=O)(O)OC[C@@H](COC(=O)CCCCCCCCCC)OC(=O)CCCCCCCCCCCCCCCCC(C)CC)OC(=O)CCCCCCCCCCCCCCCCCCCCC(C)CC. The van der Waals surface area contributed by atoms with E-state index >= 15 is 0 Å². The summed E-state index contributed by atoms with van der Waals surface area (Å²) in [7, 11) is -9.93. The zero-order chi connectivity index (χ0) is 79.9. The van der Waals surface area contributed by atoms with Crippen molar-refractivity contribution in [3.8, 4) is 0 Å². The first kappa shape index (κ1) is 107. The molecule has 0 bridgehead atoms. The Morgan fingerprint density at radius 2 is 0.440 bits per heavy atom. The van der Waals surface area contributed by atoms with Crippen LogP contribution in [0, 0.1) is 11.8 Å². The summed E-state index contributed by atoms with van der Waals surface area (Å²) in [5, 5.41) is 10.7. The molecule has 7 atom stereocenters. The van der Waals surface area contributed by atoms with Gasteiger partial charge in [0, 0.05) is 25.7 Å². The summed E-state index contributed by atoms with van der Waals surface area (Å²) >= 11 is 0. The smallest absolute Gasteiger partial charge is 0.462 e. The molecule has 0 rings (SSSR count). The number of ether oxygens (including phenoxy) is 4. The van der Waals surface area contributed by atoms with E-state index in [1.807, 2.05) is 0 Å². The quantitative estimate of drug-likeness (QED) is 0.0222. The van der Waals surface area contributed by atoms with Gasteiger partial charge in [0.15, 0.2) is 12.2 Å². The van der Waals surface area contributed by atoms with E-state index in [1.165, 1.54) is 295 Å². The highest BCUT2D eigenvalue weighted by Gasteiger charge is 2.31. The molecule has 17 nitrogen and oxygen atoms in total. The number of rotatable bonds is 89. The molecule has 4 unspecified atom stereocenters. The molecule has 0 aromatic rings. The highest BCUT2D eigenvalue weighted by molar-refractivity contribution is 7.47. The predicted molar refractivity (Wildman–Crippen MR) is 451 cm³/mol. The third kappa shape index (κ3) is 81.0. The lowest BCUT2D eigenvalue weighted by Crippen LogP contribution is -2.30. The third-order valence-electron chi connectivity index (χ3n) is 21.9. The molecule has 0 amide bonds. The summed E-state index contributed by atoms with van der Waals surface area (Å²) < 4.78 is 68.9. The Labute approximate surface area is 670 Å². The fourth-order valence-electron chi connectivity index (χ4n) is 14.1. The zero-order valence-electron chi connectivity index (χ0n) is 71.9. The molecule has 3 N–H and O–H groups in total. The van der Waals surface area contributed by atoms with Gasteiger partial charge in [0.1, 0.15) is 19.3 Å². The van der Waals surface area contributed by atoms with Crippen molar-refractivity contribution < 1.29 is 80.2 Å². The minimum Gasteiger partial charge on any atom is -0.462 e. The molecule has 19 heteroatoms. The Morgan fingerprint density at radius 3 is 0.651 bits per heavy atom. The van der Waals surface area contributed by atoms with Crippen molar-refractivity contribution in [1.82, 2.24) is 0 Å². The number of aliphatic hydroxyl groups is 1. The van der Waals surface area contributed by atoms with E-state index in [9.17, 15) is 43.2 Å². The second-order valence-electron chi connectivity index (χ2n) is 32.8. The summed E-state index contributed by atoms with van der Waals surface area (Å²) in [6.45, 7) is 9.78. The molecule has 0 spiro atoms. The fraction of sp³-hybridized carbons (Fsp3) is 0.956. The topological polar surface area (TPSA) is 237 Å². The second kappa shape index (κ2) is 81.2. The van der Waals surface area contributed by atoms with Gasteiger partial charge in [0.2, 0.25) is 0 Å². The minimum atomic E-state index is -4.97. The van der Waals surface area contributed by atoms with Crippen molar-refractivity contribution in [2.24, 2.45) is 11.8 Å². The van der Waals surface area contributed by atoms with E-state index in [0.717, 1.165) is 108 Å². The van der Waals surface area contributed by atoms with Crippen molar-refractivity contribution in [2.45, 2.75) is 503 Å². The Kier molecular flexibility index (Phi) is 79.8. The first-order valence-electron chi connectivity index (χ1n) is 46.6. The fourth-order valence-corrected chi connectivity index (χ4v) is 15.6. The average Bonchev–Trinajstić information content (AvgIpc) is 0.899. The van der Waals surface area contributed by atoms with Crippen molar-refractivity contribution in [2.75, 3.05) is 39.6 Å². The number of hydrogen-bond donors (Lipinski definition) is 3. The summed E-state index contributed by atoms with van der Waals surface area (Å²) in [6.07, 6.45) is 75.1. The van der Waals surface area contributed by atoms with Gasteiger partial charge in [-0.3, -0.25) is 37.3 Å². The number of phosphoric ester groups is 2. The lowest BCUT2D eigenvalue weighted by Gasteiger charge is -2.21. The molecule has 0 fully saturated rings. The number of esters is 4. The molecular formula is C90H176O17P2.